The Labute approximate surface area is 208 Å². The van der Waals surface area contributed by atoms with E-state index in [-0.39, 0.29) is 0 Å². The van der Waals surface area contributed by atoms with Crippen molar-refractivity contribution in [1.29, 1.82) is 0 Å². The molecule has 0 atom stereocenters. The first kappa shape index (κ1) is 24.6. The molecular weight excluding hydrogens is 576 g/mol. The number of hydrogen-bond acceptors (Lipinski definition) is 0. The summed E-state index contributed by atoms with van der Waals surface area (Å²) in [6.45, 7) is 8.81. The van der Waals surface area contributed by atoms with Gasteiger partial charge in [0.15, 0.2) is 0 Å². The third-order valence-electron chi connectivity index (χ3n) is 5.87. The summed E-state index contributed by atoms with van der Waals surface area (Å²) in [6, 6.07) is 42.2. The van der Waals surface area contributed by atoms with E-state index in [1.807, 2.05) is 24.3 Å². The van der Waals surface area contributed by atoms with Crippen molar-refractivity contribution >= 4 is 51.2 Å². The zero-order valence-corrected chi connectivity index (χ0v) is 23.3. The standard InChI is InChI=1S/2C14H13P.2ClH.Pd/c2*1-2-15(13-9-5-3-6-10-13)14-11-7-4-8-12-14;;;/h2*2-12H,1H2;2*1H;. The van der Waals surface area contributed by atoms with E-state index in [0.717, 1.165) is 0 Å². The molecule has 0 amide bonds. The van der Waals surface area contributed by atoms with Gasteiger partial charge in [-0.2, -0.15) is 0 Å². The third-order valence-corrected chi connectivity index (χ3v) is 51.5. The summed E-state index contributed by atoms with van der Waals surface area (Å²) in [7, 11) is 16.0. The van der Waals surface area contributed by atoms with Crippen LogP contribution in [0.4, 0.5) is 0 Å². The van der Waals surface area contributed by atoms with Crippen molar-refractivity contribution in [3.8, 4) is 0 Å². The second kappa shape index (κ2) is 10.4. The molecule has 0 bridgehead atoms. The molecule has 0 saturated carbocycles. The molecule has 0 unspecified atom stereocenters. The quantitative estimate of drug-likeness (QED) is 0.146. The molecule has 0 aromatic heterocycles. The molecule has 0 aliphatic carbocycles. The maximum absolute atomic E-state index is 8.02. The Hall–Kier alpha value is -1.54. The van der Waals surface area contributed by atoms with E-state index in [4.69, 9.17) is 19.1 Å². The molecule has 174 valence electrons. The van der Waals surface area contributed by atoms with Crippen LogP contribution >= 0.6 is 30.0 Å². The molecular formula is C28H28Cl2P2Pd. The molecule has 0 fully saturated rings. The van der Waals surface area contributed by atoms with Crippen LogP contribution in [-0.4, -0.2) is 0 Å². The van der Waals surface area contributed by atoms with Crippen LogP contribution in [0, 0.1) is 0 Å². The molecule has 0 aliphatic heterocycles. The van der Waals surface area contributed by atoms with Crippen molar-refractivity contribution in [3.05, 3.63) is 146 Å². The number of halogens is 2. The van der Waals surface area contributed by atoms with Crippen molar-refractivity contribution in [2.24, 2.45) is 0 Å². The first-order valence-corrected chi connectivity index (χ1v) is 23.0. The van der Waals surface area contributed by atoms with Crippen molar-refractivity contribution in [2.45, 2.75) is 0 Å². The first-order valence-electron chi connectivity index (χ1n) is 10.6. The van der Waals surface area contributed by atoms with E-state index in [2.05, 4.69) is 122 Å². The van der Waals surface area contributed by atoms with Crippen molar-refractivity contribution in [3.63, 3.8) is 0 Å². The Bertz CT molecular complexity index is 1040. The fraction of sp³-hybridized carbons (Fsp3) is 0. The van der Waals surface area contributed by atoms with Gasteiger partial charge >= 0.3 is 210 Å². The summed E-state index contributed by atoms with van der Waals surface area (Å²) in [5, 5.41) is 4.77. The summed E-state index contributed by atoms with van der Waals surface area (Å²) in [4.78, 5) is 0. The molecule has 4 aromatic rings. The van der Waals surface area contributed by atoms with E-state index >= 15 is 0 Å². The van der Waals surface area contributed by atoms with Gasteiger partial charge in [-0.15, -0.1) is 0 Å². The molecule has 0 aliphatic rings. The molecule has 0 spiro atoms. The van der Waals surface area contributed by atoms with Crippen molar-refractivity contribution in [2.75, 3.05) is 0 Å². The zero-order chi connectivity index (χ0) is 23.4. The fourth-order valence-electron chi connectivity index (χ4n) is 4.30. The Kier molecular flexibility index (Phi) is 7.74. The Morgan fingerprint density at radius 2 is 0.667 bits per heavy atom. The summed E-state index contributed by atoms with van der Waals surface area (Å²) in [5.41, 5.74) is -5.67. The summed E-state index contributed by atoms with van der Waals surface area (Å²) in [6.07, 6.45) is 0. The van der Waals surface area contributed by atoms with E-state index in [9.17, 15) is 0 Å². The number of benzene rings is 4. The monoisotopic (exact) mass is 602 g/mol. The van der Waals surface area contributed by atoms with Gasteiger partial charge < -0.3 is 0 Å². The summed E-state index contributed by atoms with van der Waals surface area (Å²) >= 11 is -3.41. The Balaban J connectivity index is 2.15. The van der Waals surface area contributed by atoms with Crippen molar-refractivity contribution in [1.82, 2.24) is 0 Å². The van der Waals surface area contributed by atoms with Gasteiger partial charge in [0.2, 0.25) is 0 Å². The van der Waals surface area contributed by atoms with Crippen LogP contribution in [0.25, 0.3) is 0 Å². The number of hydrogen-bond donors (Lipinski definition) is 0. The minimum absolute atomic E-state index is 1.19. The maximum atomic E-state index is 8.02. The van der Waals surface area contributed by atoms with E-state index in [1.54, 1.807) is 0 Å². The average Bonchev–Trinajstić information content (AvgIpc) is 2.88. The summed E-state index contributed by atoms with van der Waals surface area (Å²) in [5.74, 6) is 4.23. The minimum atomic E-state index is -3.41. The molecule has 33 heavy (non-hydrogen) atoms. The van der Waals surface area contributed by atoms with Crippen LogP contribution in [0.1, 0.15) is 0 Å². The van der Waals surface area contributed by atoms with Gasteiger partial charge in [0.25, 0.3) is 0 Å². The van der Waals surface area contributed by atoms with Crippen LogP contribution in [0.5, 0.6) is 0 Å². The first-order chi connectivity index (χ1) is 16.0. The topological polar surface area (TPSA) is 0 Å². The SMILES string of the molecule is C=C[PH](c1ccccc1)(c1ccccc1)[Pd]([Cl])([Cl])[PH](C=C)(c1ccccc1)c1ccccc1. The van der Waals surface area contributed by atoms with Crippen LogP contribution in [0.15, 0.2) is 146 Å². The van der Waals surface area contributed by atoms with Gasteiger partial charge in [0, 0.05) is 0 Å². The van der Waals surface area contributed by atoms with Crippen LogP contribution in [0.3, 0.4) is 0 Å². The van der Waals surface area contributed by atoms with Gasteiger partial charge in [0.05, 0.1) is 0 Å². The molecule has 0 radical (unpaired) electrons. The third kappa shape index (κ3) is 4.01. The van der Waals surface area contributed by atoms with E-state index in [1.165, 1.54) is 21.2 Å². The van der Waals surface area contributed by atoms with E-state index < -0.39 is 23.4 Å². The van der Waals surface area contributed by atoms with E-state index in [0.29, 0.717) is 0 Å². The molecule has 4 rings (SSSR count). The van der Waals surface area contributed by atoms with Crippen molar-refractivity contribution < 1.29 is 12.5 Å². The average molecular weight is 604 g/mol. The van der Waals surface area contributed by atoms with Gasteiger partial charge in [-0.25, -0.2) is 0 Å². The molecule has 0 saturated heterocycles. The van der Waals surface area contributed by atoms with Gasteiger partial charge in [-0.3, -0.25) is 0 Å². The zero-order valence-electron chi connectivity index (χ0n) is 18.2. The van der Waals surface area contributed by atoms with Gasteiger partial charge in [-0.05, 0) is 0 Å². The number of rotatable bonds is 8. The predicted molar refractivity (Wildman–Crippen MR) is 153 cm³/mol. The van der Waals surface area contributed by atoms with Gasteiger partial charge in [-0.1, -0.05) is 0 Å². The molecule has 5 heteroatoms. The predicted octanol–water partition coefficient (Wildman–Crippen LogP) is 7.37. The second-order valence-electron chi connectivity index (χ2n) is 7.56. The second-order valence-corrected chi connectivity index (χ2v) is 39.7. The Morgan fingerprint density at radius 3 is 0.848 bits per heavy atom. The Morgan fingerprint density at radius 1 is 0.455 bits per heavy atom. The van der Waals surface area contributed by atoms with Crippen LogP contribution in [-0.2, 0) is 12.5 Å². The normalized spacial score (nSPS) is 13.6. The van der Waals surface area contributed by atoms with Gasteiger partial charge in [0.1, 0.15) is 0 Å². The van der Waals surface area contributed by atoms with Crippen LogP contribution in [0.2, 0.25) is 0 Å². The fourth-order valence-corrected chi connectivity index (χ4v) is 54.4. The molecule has 0 nitrogen and oxygen atoms in total. The molecule has 4 aromatic carbocycles. The molecule has 0 heterocycles. The summed E-state index contributed by atoms with van der Waals surface area (Å²) < 4.78 is 0. The van der Waals surface area contributed by atoms with Crippen LogP contribution < -0.4 is 21.2 Å². The molecule has 0 N–H and O–H groups in total.